The molecule has 0 aliphatic carbocycles. The first-order valence-electron chi connectivity index (χ1n) is 7.83. The molecule has 108 valence electrons. The van der Waals surface area contributed by atoms with Crippen molar-refractivity contribution in [3.05, 3.63) is 0 Å². The van der Waals surface area contributed by atoms with Crippen molar-refractivity contribution in [2.75, 3.05) is 6.61 Å². The second kappa shape index (κ2) is 8.16. The maximum atomic E-state index is 5.92. The summed E-state index contributed by atoms with van der Waals surface area (Å²) in [5, 5.41) is 0. The lowest BCUT2D eigenvalue weighted by molar-refractivity contribution is -0.256. The summed E-state index contributed by atoms with van der Waals surface area (Å²) in [5.41, 5.74) is 0.163. The van der Waals surface area contributed by atoms with Gasteiger partial charge in [0.25, 0.3) is 0 Å². The van der Waals surface area contributed by atoms with Gasteiger partial charge in [-0.2, -0.15) is 0 Å². The molecule has 2 heteroatoms. The van der Waals surface area contributed by atoms with Crippen molar-refractivity contribution >= 4 is 0 Å². The normalized spacial score (nSPS) is 27.3. The molecule has 1 saturated heterocycles. The summed E-state index contributed by atoms with van der Waals surface area (Å²) in [7, 11) is 0. The van der Waals surface area contributed by atoms with E-state index in [1.165, 1.54) is 44.9 Å². The zero-order chi connectivity index (χ0) is 13.4. The lowest BCUT2D eigenvalue weighted by atomic mass is 9.87. The molecule has 0 aromatic carbocycles. The lowest BCUT2D eigenvalue weighted by Gasteiger charge is -2.40. The fourth-order valence-electron chi connectivity index (χ4n) is 2.30. The Balaban J connectivity index is 2.00. The molecular formula is C16H32O2. The van der Waals surface area contributed by atoms with Crippen molar-refractivity contribution < 1.29 is 9.47 Å². The third-order valence-corrected chi connectivity index (χ3v) is 4.14. The van der Waals surface area contributed by atoms with Crippen molar-refractivity contribution in [1.82, 2.24) is 0 Å². The van der Waals surface area contributed by atoms with Crippen LogP contribution < -0.4 is 0 Å². The number of unbranched alkanes of at least 4 members (excludes halogenated alkanes) is 6. The zero-order valence-electron chi connectivity index (χ0n) is 12.8. The Morgan fingerprint density at radius 1 is 1.00 bits per heavy atom. The van der Waals surface area contributed by atoms with Gasteiger partial charge in [-0.15, -0.1) is 0 Å². The van der Waals surface area contributed by atoms with Crippen LogP contribution in [0.5, 0.6) is 0 Å². The van der Waals surface area contributed by atoms with Crippen LogP contribution in [0.4, 0.5) is 0 Å². The van der Waals surface area contributed by atoms with E-state index in [1.807, 2.05) is 0 Å². The van der Waals surface area contributed by atoms with E-state index in [2.05, 4.69) is 27.7 Å². The first kappa shape index (κ1) is 16.0. The van der Waals surface area contributed by atoms with E-state index in [-0.39, 0.29) is 11.7 Å². The molecule has 1 rings (SSSR count). The highest BCUT2D eigenvalue weighted by atomic mass is 16.7. The Hall–Kier alpha value is -0.0800. The Labute approximate surface area is 113 Å². The third-order valence-electron chi connectivity index (χ3n) is 4.14. The van der Waals surface area contributed by atoms with Crippen molar-refractivity contribution in [2.45, 2.75) is 91.5 Å². The van der Waals surface area contributed by atoms with Crippen LogP contribution in [0.15, 0.2) is 0 Å². The molecule has 0 amide bonds. The summed E-state index contributed by atoms with van der Waals surface area (Å²) in [5.74, 6) is 0. The fraction of sp³-hybridized carbons (Fsp3) is 1.00. The smallest absolute Gasteiger partial charge is 0.157 e. The Kier molecular flexibility index (Phi) is 7.25. The first-order valence-corrected chi connectivity index (χ1v) is 7.83. The third kappa shape index (κ3) is 5.71. The summed E-state index contributed by atoms with van der Waals surface area (Å²) in [6.45, 7) is 9.68. The van der Waals surface area contributed by atoms with Gasteiger partial charge >= 0.3 is 0 Å². The maximum absolute atomic E-state index is 5.92. The molecule has 0 radical (unpaired) electrons. The second-order valence-electron chi connectivity index (χ2n) is 6.42. The van der Waals surface area contributed by atoms with Gasteiger partial charge < -0.3 is 9.47 Å². The summed E-state index contributed by atoms with van der Waals surface area (Å²) in [6.07, 6.45) is 10.9. The molecule has 0 bridgehead atoms. The van der Waals surface area contributed by atoms with Crippen LogP contribution >= 0.6 is 0 Å². The van der Waals surface area contributed by atoms with Gasteiger partial charge in [0.05, 0.1) is 12.7 Å². The van der Waals surface area contributed by atoms with E-state index >= 15 is 0 Å². The SMILES string of the molecule is CCCCCCCCC[C@@H]1OCC(C)(C)[C@H](C)O1. The molecule has 0 spiro atoms. The zero-order valence-corrected chi connectivity index (χ0v) is 12.8. The summed E-state index contributed by atoms with van der Waals surface area (Å²) >= 11 is 0. The predicted molar refractivity (Wildman–Crippen MR) is 76.7 cm³/mol. The van der Waals surface area contributed by atoms with Crippen LogP contribution in [0.25, 0.3) is 0 Å². The molecular weight excluding hydrogens is 224 g/mol. The molecule has 2 nitrogen and oxygen atoms in total. The predicted octanol–water partition coefficient (Wildman–Crippen LogP) is 4.91. The van der Waals surface area contributed by atoms with Crippen LogP contribution in [-0.2, 0) is 9.47 Å². The largest absolute Gasteiger partial charge is 0.352 e. The Morgan fingerprint density at radius 2 is 1.61 bits per heavy atom. The topological polar surface area (TPSA) is 18.5 Å². The van der Waals surface area contributed by atoms with Gasteiger partial charge in [0, 0.05) is 5.41 Å². The van der Waals surface area contributed by atoms with Gasteiger partial charge in [0.1, 0.15) is 0 Å². The van der Waals surface area contributed by atoms with Crippen LogP contribution in [0.2, 0.25) is 0 Å². The average Bonchev–Trinajstić information content (AvgIpc) is 2.33. The van der Waals surface area contributed by atoms with Crippen LogP contribution in [0.1, 0.15) is 79.1 Å². The van der Waals surface area contributed by atoms with Crippen molar-refractivity contribution in [1.29, 1.82) is 0 Å². The number of rotatable bonds is 8. The van der Waals surface area contributed by atoms with Crippen LogP contribution in [0.3, 0.4) is 0 Å². The van der Waals surface area contributed by atoms with Gasteiger partial charge in [0.2, 0.25) is 0 Å². The second-order valence-corrected chi connectivity index (χ2v) is 6.42. The van der Waals surface area contributed by atoms with Gasteiger partial charge in [-0.25, -0.2) is 0 Å². The molecule has 0 aromatic heterocycles. The number of ether oxygens (including phenoxy) is 2. The van der Waals surface area contributed by atoms with Gasteiger partial charge in [-0.3, -0.25) is 0 Å². The summed E-state index contributed by atoms with van der Waals surface area (Å²) in [6, 6.07) is 0. The molecule has 0 N–H and O–H groups in total. The van der Waals surface area contributed by atoms with E-state index in [1.54, 1.807) is 0 Å². The highest BCUT2D eigenvalue weighted by Gasteiger charge is 2.34. The number of hydrogen-bond donors (Lipinski definition) is 0. The molecule has 2 atom stereocenters. The summed E-state index contributed by atoms with van der Waals surface area (Å²) < 4.78 is 11.7. The molecule has 1 fully saturated rings. The minimum Gasteiger partial charge on any atom is -0.352 e. The van der Waals surface area contributed by atoms with E-state index in [9.17, 15) is 0 Å². The quantitative estimate of drug-likeness (QED) is 0.574. The van der Waals surface area contributed by atoms with E-state index in [0.29, 0.717) is 6.10 Å². The minimum atomic E-state index is 0.0451. The maximum Gasteiger partial charge on any atom is 0.157 e. The van der Waals surface area contributed by atoms with E-state index in [0.717, 1.165) is 13.0 Å². The van der Waals surface area contributed by atoms with Crippen molar-refractivity contribution in [3.63, 3.8) is 0 Å². The van der Waals surface area contributed by atoms with Gasteiger partial charge in [-0.05, 0) is 19.8 Å². The molecule has 0 saturated carbocycles. The van der Waals surface area contributed by atoms with E-state index < -0.39 is 0 Å². The average molecular weight is 256 g/mol. The standard InChI is InChI=1S/C16H32O2/c1-5-6-7-8-9-10-11-12-15-17-13-16(3,4)14(2)18-15/h14-15H,5-13H2,1-4H3/t14-,15+/m0/s1. The molecule has 18 heavy (non-hydrogen) atoms. The molecule has 1 heterocycles. The van der Waals surface area contributed by atoms with Crippen LogP contribution in [-0.4, -0.2) is 19.0 Å². The minimum absolute atomic E-state index is 0.0451. The molecule has 0 aromatic rings. The number of hydrogen-bond acceptors (Lipinski definition) is 2. The first-order chi connectivity index (χ1) is 8.56. The molecule has 0 unspecified atom stereocenters. The van der Waals surface area contributed by atoms with Gasteiger partial charge in [-0.1, -0.05) is 59.3 Å². The van der Waals surface area contributed by atoms with Crippen molar-refractivity contribution in [2.24, 2.45) is 5.41 Å². The molecule has 1 aliphatic heterocycles. The van der Waals surface area contributed by atoms with Crippen LogP contribution in [0, 0.1) is 5.41 Å². The van der Waals surface area contributed by atoms with Crippen molar-refractivity contribution in [3.8, 4) is 0 Å². The fourth-order valence-corrected chi connectivity index (χ4v) is 2.30. The lowest BCUT2D eigenvalue weighted by Crippen LogP contribution is -2.44. The van der Waals surface area contributed by atoms with E-state index in [4.69, 9.17) is 9.47 Å². The Morgan fingerprint density at radius 3 is 2.22 bits per heavy atom. The molecule has 1 aliphatic rings. The Bertz CT molecular complexity index is 213. The monoisotopic (exact) mass is 256 g/mol. The highest BCUT2D eigenvalue weighted by Crippen LogP contribution is 2.31. The highest BCUT2D eigenvalue weighted by molar-refractivity contribution is 4.79. The van der Waals surface area contributed by atoms with Gasteiger partial charge in [0.15, 0.2) is 6.29 Å². The summed E-state index contributed by atoms with van der Waals surface area (Å²) in [4.78, 5) is 0.